The zero-order valence-electron chi connectivity index (χ0n) is 22.0. The van der Waals surface area contributed by atoms with Crippen molar-refractivity contribution in [2.75, 3.05) is 7.11 Å². The highest BCUT2D eigenvalue weighted by molar-refractivity contribution is 6.31. The van der Waals surface area contributed by atoms with Crippen molar-refractivity contribution >= 4 is 29.0 Å². The van der Waals surface area contributed by atoms with Crippen LogP contribution in [0.2, 0.25) is 0 Å². The zero-order valence-corrected chi connectivity index (χ0v) is 22.0. The molecular formula is C30H31NO8. The van der Waals surface area contributed by atoms with E-state index in [1.807, 2.05) is 18.2 Å². The van der Waals surface area contributed by atoms with Gasteiger partial charge in [0.2, 0.25) is 5.91 Å². The van der Waals surface area contributed by atoms with E-state index >= 15 is 0 Å². The molecule has 9 heteroatoms. The van der Waals surface area contributed by atoms with E-state index in [4.69, 9.17) is 10.5 Å². The van der Waals surface area contributed by atoms with Gasteiger partial charge in [-0.1, -0.05) is 26.0 Å². The summed E-state index contributed by atoms with van der Waals surface area (Å²) in [4.78, 5) is 65.0. The molecule has 5 rings (SSSR count). The van der Waals surface area contributed by atoms with Gasteiger partial charge in [0.15, 0.2) is 34.7 Å². The Morgan fingerprint density at radius 1 is 1.08 bits per heavy atom. The predicted octanol–water partition coefficient (Wildman–Crippen LogP) is 2.20. The largest absolute Gasteiger partial charge is 0.507 e. The number of carbonyl (C=O) groups excluding carboxylic acids is 5. The van der Waals surface area contributed by atoms with Crippen LogP contribution in [0, 0.1) is 29.6 Å². The number of ketones is 4. The monoisotopic (exact) mass is 533 g/mol. The van der Waals surface area contributed by atoms with Crippen LogP contribution in [0.15, 0.2) is 30.3 Å². The highest BCUT2D eigenvalue weighted by Crippen LogP contribution is 2.51. The van der Waals surface area contributed by atoms with Gasteiger partial charge in [0.05, 0.1) is 18.6 Å². The summed E-state index contributed by atoms with van der Waals surface area (Å²) in [5.41, 5.74) is 5.57. The van der Waals surface area contributed by atoms with Gasteiger partial charge in [-0.25, -0.2) is 0 Å². The summed E-state index contributed by atoms with van der Waals surface area (Å²) in [6.07, 6.45) is 0.696. The Labute approximate surface area is 225 Å². The van der Waals surface area contributed by atoms with Gasteiger partial charge < -0.3 is 20.7 Å². The van der Waals surface area contributed by atoms with Gasteiger partial charge >= 0.3 is 0 Å². The zero-order chi connectivity index (χ0) is 28.4. The lowest BCUT2D eigenvalue weighted by Crippen LogP contribution is -2.68. The maximum Gasteiger partial charge on any atom is 0.235 e. The highest BCUT2D eigenvalue weighted by Gasteiger charge is 2.66. The lowest BCUT2D eigenvalue weighted by Gasteiger charge is -2.48. The number of fused-ring (bicyclic) bond motifs is 3. The Balaban J connectivity index is 1.62. The molecule has 2 saturated carbocycles. The normalized spacial score (nSPS) is 28.1. The number of Topliss-reactive ketones (excluding diaryl/α,β-unsaturated/α-hetero) is 4. The van der Waals surface area contributed by atoms with E-state index in [0.29, 0.717) is 22.8 Å². The first-order chi connectivity index (χ1) is 18.4. The van der Waals surface area contributed by atoms with Crippen molar-refractivity contribution in [2.45, 2.75) is 45.1 Å². The van der Waals surface area contributed by atoms with Crippen LogP contribution in [0.5, 0.6) is 11.5 Å². The summed E-state index contributed by atoms with van der Waals surface area (Å²) in [7, 11) is 1.55. The SMILES string of the molecule is COc1ccc(CC(C)C)cc1-c1ccc(O)c2c1C[C@H]1C[C@H]3CC(=O)C(C(N)=O)C(=O)[C@@]3(O)C(=O)C1C2=O. The molecule has 2 aromatic carbocycles. The Bertz CT molecular complexity index is 1440. The fourth-order valence-corrected chi connectivity index (χ4v) is 6.78. The number of aromatic hydroxyl groups is 1. The van der Waals surface area contributed by atoms with E-state index in [1.165, 1.54) is 6.07 Å². The van der Waals surface area contributed by atoms with Gasteiger partial charge in [-0.05, 0) is 66.0 Å². The molecule has 0 radical (unpaired) electrons. The smallest absolute Gasteiger partial charge is 0.235 e. The number of hydrogen-bond donors (Lipinski definition) is 3. The number of phenols is 1. The van der Waals surface area contributed by atoms with E-state index in [-0.39, 0.29) is 30.6 Å². The molecule has 2 unspecified atom stereocenters. The van der Waals surface area contributed by atoms with Crippen molar-refractivity contribution in [3.8, 4) is 22.6 Å². The molecule has 2 fully saturated rings. The third-order valence-electron chi connectivity index (χ3n) is 8.48. The number of phenolic OH excluding ortho intramolecular Hbond substituents is 1. The van der Waals surface area contributed by atoms with Gasteiger partial charge in [-0.2, -0.15) is 0 Å². The molecule has 0 aliphatic heterocycles. The minimum Gasteiger partial charge on any atom is -0.507 e. The van der Waals surface area contributed by atoms with Crippen molar-refractivity contribution < 1.29 is 38.9 Å². The second-order valence-corrected chi connectivity index (χ2v) is 11.4. The molecule has 0 bridgehead atoms. The van der Waals surface area contributed by atoms with Gasteiger partial charge in [-0.15, -0.1) is 0 Å². The van der Waals surface area contributed by atoms with E-state index in [9.17, 15) is 34.2 Å². The summed E-state index contributed by atoms with van der Waals surface area (Å²) >= 11 is 0. The Morgan fingerprint density at radius 3 is 2.44 bits per heavy atom. The number of aliphatic hydroxyl groups is 1. The summed E-state index contributed by atoms with van der Waals surface area (Å²) < 4.78 is 5.62. The van der Waals surface area contributed by atoms with E-state index in [1.54, 1.807) is 13.2 Å². The molecule has 9 nitrogen and oxygen atoms in total. The van der Waals surface area contributed by atoms with E-state index in [2.05, 4.69) is 13.8 Å². The van der Waals surface area contributed by atoms with Crippen LogP contribution in [-0.4, -0.2) is 52.0 Å². The molecule has 2 aromatic rings. The molecule has 39 heavy (non-hydrogen) atoms. The van der Waals surface area contributed by atoms with Gasteiger partial charge in [-0.3, -0.25) is 24.0 Å². The third-order valence-corrected chi connectivity index (χ3v) is 8.48. The molecule has 5 atom stereocenters. The molecule has 4 N–H and O–H groups in total. The number of methoxy groups -OCH3 is 1. The minimum atomic E-state index is -2.66. The summed E-state index contributed by atoms with van der Waals surface area (Å²) in [6, 6.07) is 8.94. The number of hydrogen-bond acceptors (Lipinski definition) is 8. The molecule has 0 saturated heterocycles. The van der Waals surface area contributed by atoms with Crippen molar-refractivity contribution in [2.24, 2.45) is 35.3 Å². The number of primary amides is 1. The predicted molar refractivity (Wildman–Crippen MR) is 139 cm³/mol. The van der Waals surface area contributed by atoms with Crippen molar-refractivity contribution in [1.29, 1.82) is 0 Å². The number of rotatable bonds is 5. The van der Waals surface area contributed by atoms with E-state index < -0.39 is 58.3 Å². The van der Waals surface area contributed by atoms with Crippen LogP contribution in [-0.2, 0) is 32.0 Å². The first-order valence-corrected chi connectivity index (χ1v) is 13.1. The van der Waals surface area contributed by atoms with Crippen LogP contribution < -0.4 is 10.5 Å². The van der Waals surface area contributed by atoms with Gasteiger partial charge in [0.25, 0.3) is 0 Å². The standard InChI is InChI=1S/C30H31NO8/c1-13(2)8-14-4-7-22(39-3)18(9-14)17-5-6-20(32)24-19(17)11-15-10-16-12-21(33)25(29(31)37)28(36)30(16,38)27(35)23(15)26(24)34/h4-7,9,13,15-16,23,25,32,38H,8,10-12H2,1-3H3,(H2,31,37)/t15-,16+,23?,25?,30+/m1/s1. The Morgan fingerprint density at radius 2 is 1.79 bits per heavy atom. The number of benzene rings is 2. The second-order valence-electron chi connectivity index (χ2n) is 11.4. The van der Waals surface area contributed by atoms with Crippen molar-refractivity contribution in [3.63, 3.8) is 0 Å². The first-order valence-electron chi connectivity index (χ1n) is 13.1. The van der Waals surface area contributed by atoms with Crippen molar-refractivity contribution in [1.82, 2.24) is 0 Å². The highest BCUT2D eigenvalue weighted by atomic mass is 16.5. The van der Waals surface area contributed by atoms with Crippen LogP contribution in [0.25, 0.3) is 11.1 Å². The number of nitrogens with two attached hydrogens (primary N) is 1. The molecule has 0 aromatic heterocycles. The minimum absolute atomic E-state index is 0.0359. The van der Waals surface area contributed by atoms with Crippen LogP contribution in [0.4, 0.5) is 0 Å². The molecule has 204 valence electrons. The van der Waals surface area contributed by atoms with Crippen molar-refractivity contribution in [3.05, 3.63) is 47.0 Å². The maximum atomic E-state index is 13.8. The average molecular weight is 534 g/mol. The van der Waals surface area contributed by atoms with Crippen LogP contribution >= 0.6 is 0 Å². The van der Waals surface area contributed by atoms with Gasteiger partial charge in [0, 0.05) is 17.9 Å². The van der Waals surface area contributed by atoms with Crippen LogP contribution in [0.3, 0.4) is 0 Å². The fourth-order valence-electron chi connectivity index (χ4n) is 6.78. The first kappa shape index (κ1) is 26.7. The summed E-state index contributed by atoms with van der Waals surface area (Å²) in [5.74, 6) is -9.30. The van der Waals surface area contributed by atoms with E-state index in [0.717, 1.165) is 17.5 Å². The Kier molecular flexibility index (Phi) is 6.45. The maximum absolute atomic E-state index is 13.8. The molecule has 0 spiro atoms. The lowest BCUT2D eigenvalue weighted by atomic mass is 9.53. The number of ether oxygens (including phenoxy) is 1. The summed E-state index contributed by atoms with van der Waals surface area (Å²) in [5, 5.41) is 22.1. The molecule has 3 aliphatic carbocycles. The fraction of sp³-hybridized carbons (Fsp3) is 0.433. The van der Waals surface area contributed by atoms with Gasteiger partial charge in [0.1, 0.15) is 11.5 Å². The molecule has 1 amide bonds. The Hall–Kier alpha value is -3.85. The topological polar surface area (TPSA) is 161 Å². The number of carbonyl (C=O) groups is 5. The number of amides is 1. The average Bonchev–Trinajstić information content (AvgIpc) is 2.85. The third kappa shape index (κ3) is 3.98. The molecule has 3 aliphatic rings. The quantitative estimate of drug-likeness (QED) is 0.493. The molecular weight excluding hydrogens is 502 g/mol. The summed E-state index contributed by atoms with van der Waals surface area (Å²) in [6.45, 7) is 4.22. The molecule has 0 heterocycles. The second kappa shape index (κ2) is 9.41. The lowest BCUT2D eigenvalue weighted by molar-refractivity contribution is -0.175. The van der Waals surface area contributed by atoms with Crippen LogP contribution in [0.1, 0.15) is 48.2 Å².